The van der Waals surface area contributed by atoms with Gasteiger partial charge < -0.3 is 4.57 Å². The lowest BCUT2D eigenvalue weighted by atomic mass is 10.4. The van der Waals surface area contributed by atoms with Gasteiger partial charge in [-0.1, -0.05) is 5.21 Å². The second-order valence-corrected chi connectivity index (χ2v) is 4.11. The average Bonchev–Trinajstić information content (AvgIpc) is 2.58. The molecule has 78 valence electrons. The van der Waals surface area contributed by atoms with Crippen molar-refractivity contribution in [2.45, 2.75) is 6.54 Å². The molecule has 2 heterocycles. The zero-order chi connectivity index (χ0) is 10.8. The molecule has 2 rings (SSSR count). The minimum absolute atomic E-state index is 0.0520. The molecule has 0 fully saturated rings. The summed E-state index contributed by atoms with van der Waals surface area (Å²) in [6.07, 6.45) is 3.52. The van der Waals surface area contributed by atoms with E-state index in [1.165, 1.54) is 6.07 Å². The molecule has 0 aliphatic carbocycles. The van der Waals surface area contributed by atoms with Crippen LogP contribution < -0.4 is 5.56 Å². The average molecular weight is 269 g/mol. The summed E-state index contributed by atoms with van der Waals surface area (Å²) in [6.45, 7) is 0.437. The van der Waals surface area contributed by atoms with Crippen LogP contribution in [0.5, 0.6) is 0 Å². The molecule has 0 amide bonds. The lowest BCUT2D eigenvalue weighted by Gasteiger charge is -2.02. The van der Waals surface area contributed by atoms with Crippen LogP contribution in [0.2, 0.25) is 0 Å². The monoisotopic (exact) mass is 268 g/mol. The summed E-state index contributed by atoms with van der Waals surface area (Å²) >= 11 is 3.31. The Morgan fingerprint density at radius 3 is 2.87 bits per heavy atom. The van der Waals surface area contributed by atoms with Gasteiger partial charge in [-0.05, 0) is 22.0 Å². The molecule has 5 nitrogen and oxygen atoms in total. The first kappa shape index (κ1) is 10.1. The molecule has 0 aliphatic heterocycles. The first-order chi connectivity index (χ1) is 7.15. The predicted molar refractivity (Wildman–Crippen MR) is 58.5 cm³/mol. The van der Waals surface area contributed by atoms with E-state index in [0.717, 1.165) is 10.2 Å². The van der Waals surface area contributed by atoms with Crippen molar-refractivity contribution in [3.05, 3.63) is 45.0 Å². The Balaban J connectivity index is 2.31. The summed E-state index contributed by atoms with van der Waals surface area (Å²) in [5.41, 5.74) is 0.710. The van der Waals surface area contributed by atoms with Gasteiger partial charge in [-0.3, -0.25) is 9.48 Å². The number of halogens is 1. The van der Waals surface area contributed by atoms with Gasteiger partial charge in [0.1, 0.15) is 5.69 Å². The van der Waals surface area contributed by atoms with Crippen LogP contribution in [-0.2, 0) is 13.6 Å². The van der Waals surface area contributed by atoms with Crippen LogP contribution in [-0.4, -0.2) is 19.6 Å². The predicted octanol–water partition coefficient (Wildman–Crippen LogP) is 0.788. The van der Waals surface area contributed by atoms with Crippen molar-refractivity contribution in [3.63, 3.8) is 0 Å². The highest BCUT2D eigenvalue weighted by Crippen LogP contribution is 2.05. The highest BCUT2D eigenvalue weighted by molar-refractivity contribution is 9.10. The second-order valence-electron chi connectivity index (χ2n) is 3.20. The molecule has 0 aromatic carbocycles. The van der Waals surface area contributed by atoms with Crippen molar-refractivity contribution in [2.75, 3.05) is 0 Å². The lowest BCUT2D eigenvalue weighted by molar-refractivity contribution is 0.705. The zero-order valence-electron chi connectivity index (χ0n) is 8.09. The van der Waals surface area contributed by atoms with E-state index in [1.54, 1.807) is 34.8 Å². The molecular formula is C9H9BrN4O. The van der Waals surface area contributed by atoms with Gasteiger partial charge in [0.15, 0.2) is 0 Å². The quantitative estimate of drug-likeness (QED) is 0.809. The number of pyridine rings is 1. The highest BCUT2D eigenvalue weighted by Gasteiger charge is 2.01. The Kier molecular flexibility index (Phi) is 2.68. The Hall–Kier alpha value is -1.43. The van der Waals surface area contributed by atoms with Crippen LogP contribution >= 0.6 is 15.9 Å². The van der Waals surface area contributed by atoms with Gasteiger partial charge in [-0.2, -0.15) is 0 Å². The Bertz CT molecular complexity index is 531. The summed E-state index contributed by atoms with van der Waals surface area (Å²) in [7, 11) is 1.79. The third-order valence-corrected chi connectivity index (χ3v) is 2.40. The minimum atomic E-state index is -0.0520. The molecule has 6 heteroatoms. The normalized spacial score (nSPS) is 10.5. The molecule has 2 aromatic rings. The first-order valence-electron chi connectivity index (χ1n) is 4.36. The number of rotatable bonds is 2. The van der Waals surface area contributed by atoms with Crippen LogP contribution in [0.1, 0.15) is 5.69 Å². The fourth-order valence-corrected chi connectivity index (χ4v) is 1.65. The maximum absolute atomic E-state index is 11.5. The molecule has 0 N–H and O–H groups in total. The molecule has 0 radical (unpaired) electrons. The summed E-state index contributed by atoms with van der Waals surface area (Å²) in [5, 5.41) is 7.72. The number of aromatic nitrogens is 4. The molecule has 0 bridgehead atoms. The van der Waals surface area contributed by atoms with Crippen molar-refractivity contribution in [2.24, 2.45) is 7.05 Å². The lowest BCUT2D eigenvalue weighted by Crippen LogP contribution is -2.18. The third-order valence-electron chi connectivity index (χ3n) is 1.93. The zero-order valence-corrected chi connectivity index (χ0v) is 9.68. The van der Waals surface area contributed by atoms with E-state index in [-0.39, 0.29) is 5.56 Å². The van der Waals surface area contributed by atoms with Crippen molar-refractivity contribution < 1.29 is 0 Å². The van der Waals surface area contributed by atoms with Gasteiger partial charge in [0, 0.05) is 30.0 Å². The van der Waals surface area contributed by atoms with Crippen molar-refractivity contribution in [1.82, 2.24) is 19.6 Å². The Morgan fingerprint density at radius 2 is 2.20 bits per heavy atom. The van der Waals surface area contributed by atoms with Crippen LogP contribution in [0.3, 0.4) is 0 Å². The standard InChI is InChI=1S/C9H9BrN4O/c1-13-5-8(11-12-13)6-14-4-7(10)2-3-9(14)15/h2-5H,6H2,1H3. The molecule has 0 spiro atoms. The smallest absolute Gasteiger partial charge is 0.250 e. The van der Waals surface area contributed by atoms with Crippen molar-refractivity contribution in [1.29, 1.82) is 0 Å². The highest BCUT2D eigenvalue weighted by atomic mass is 79.9. The SMILES string of the molecule is Cn1cc(Cn2cc(Br)ccc2=O)nn1. The Morgan fingerprint density at radius 1 is 1.40 bits per heavy atom. The van der Waals surface area contributed by atoms with Crippen molar-refractivity contribution in [3.8, 4) is 0 Å². The first-order valence-corrected chi connectivity index (χ1v) is 5.15. The van der Waals surface area contributed by atoms with Gasteiger partial charge >= 0.3 is 0 Å². The molecule has 15 heavy (non-hydrogen) atoms. The topological polar surface area (TPSA) is 52.7 Å². The molecule has 2 aromatic heterocycles. The largest absolute Gasteiger partial charge is 0.308 e. The van der Waals surface area contributed by atoms with Gasteiger partial charge in [-0.15, -0.1) is 5.10 Å². The van der Waals surface area contributed by atoms with E-state index in [9.17, 15) is 4.79 Å². The van der Waals surface area contributed by atoms with Crippen LogP contribution in [0.15, 0.2) is 33.8 Å². The van der Waals surface area contributed by atoms with E-state index in [4.69, 9.17) is 0 Å². The molecule has 0 aliphatic rings. The Labute approximate surface area is 94.5 Å². The van der Waals surface area contributed by atoms with E-state index < -0.39 is 0 Å². The van der Waals surface area contributed by atoms with E-state index in [2.05, 4.69) is 26.2 Å². The van der Waals surface area contributed by atoms with E-state index >= 15 is 0 Å². The molecule has 0 saturated carbocycles. The number of hydrogen-bond donors (Lipinski definition) is 0. The maximum atomic E-state index is 11.5. The summed E-state index contributed by atoms with van der Waals surface area (Å²) in [5.74, 6) is 0. The van der Waals surface area contributed by atoms with Crippen LogP contribution in [0.25, 0.3) is 0 Å². The van der Waals surface area contributed by atoms with Crippen LogP contribution in [0.4, 0.5) is 0 Å². The summed E-state index contributed by atoms with van der Waals surface area (Å²) in [4.78, 5) is 11.5. The fourth-order valence-electron chi connectivity index (χ4n) is 1.27. The van der Waals surface area contributed by atoms with Gasteiger partial charge in [-0.25, -0.2) is 0 Å². The summed E-state index contributed by atoms with van der Waals surface area (Å²) in [6, 6.07) is 3.23. The number of hydrogen-bond acceptors (Lipinski definition) is 3. The van der Waals surface area contributed by atoms with Gasteiger partial charge in [0.05, 0.1) is 6.54 Å². The minimum Gasteiger partial charge on any atom is -0.308 e. The molecule has 0 unspecified atom stereocenters. The number of aryl methyl sites for hydroxylation is 1. The molecular weight excluding hydrogens is 260 g/mol. The van der Waals surface area contributed by atoms with Gasteiger partial charge in [0.2, 0.25) is 0 Å². The van der Waals surface area contributed by atoms with E-state index in [0.29, 0.717) is 6.54 Å². The third kappa shape index (κ3) is 2.33. The second kappa shape index (κ2) is 3.98. The fraction of sp³-hybridized carbons (Fsp3) is 0.222. The molecule has 0 atom stereocenters. The number of nitrogens with zero attached hydrogens (tertiary/aromatic N) is 4. The maximum Gasteiger partial charge on any atom is 0.250 e. The van der Waals surface area contributed by atoms with Gasteiger partial charge in [0.25, 0.3) is 5.56 Å². The molecule has 0 saturated heterocycles. The van der Waals surface area contributed by atoms with Crippen molar-refractivity contribution >= 4 is 15.9 Å². The van der Waals surface area contributed by atoms with Crippen LogP contribution in [0, 0.1) is 0 Å². The van der Waals surface area contributed by atoms with E-state index in [1.807, 2.05) is 0 Å². The summed E-state index contributed by atoms with van der Waals surface area (Å²) < 4.78 is 4.05.